The highest BCUT2D eigenvalue weighted by Crippen LogP contribution is 2.30. The van der Waals surface area contributed by atoms with Gasteiger partial charge >= 0.3 is 0 Å². The number of nitrogens with one attached hydrogen (secondary N) is 1. The molecule has 9 N–H and O–H groups in total. The van der Waals surface area contributed by atoms with Gasteiger partial charge < -0.3 is 65.1 Å². The van der Waals surface area contributed by atoms with Crippen LogP contribution in [0.1, 0.15) is 258 Å². The molecule has 2 aliphatic heterocycles. The van der Waals surface area contributed by atoms with E-state index in [4.69, 9.17) is 18.9 Å². The van der Waals surface area contributed by atoms with Crippen molar-refractivity contribution < 1.29 is 64.6 Å². The third kappa shape index (κ3) is 44.0. The molecule has 92 heavy (non-hydrogen) atoms. The summed E-state index contributed by atoms with van der Waals surface area (Å²) in [5.74, 6) is -0.252. The summed E-state index contributed by atoms with van der Waals surface area (Å²) in [6, 6.07) is -0.929. The van der Waals surface area contributed by atoms with Crippen LogP contribution in [0.25, 0.3) is 0 Å². The second-order valence-electron chi connectivity index (χ2n) is 25.0. The van der Waals surface area contributed by atoms with E-state index in [0.29, 0.717) is 6.42 Å². The van der Waals surface area contributed by atoms with Crippen molar-refractivity contribution in [2.75, 3.05) is 19.8 Å². The van der Waals surface area contributed by atoms with E-state index >= 15 is 0 Å². The third-order valence-corrected chi connectivity index (χ3v) is 16.8. The Labute approximate surface area is 558 Å². The molecule has 0 saturated carbocycles. The molecule has 2 fully saturated rings. The van der Waals surface area contributed by atoms with E-state index in [1.54, 1.807) is 6.08 Å². The van der Waals surface area contributed by atoms with E-state index in [0.717, 1.165) is 116 Å². The van der Waals surface area contributed by atoms with Gasteiger partial charge in [0, 0.05) is 6.42 Å². The van der Waals surface area contributed by atoms with Crippen LogP contribution >= 0.6 is 0 Å². The van der Waals surface area contributed by atoms with Crippen LogP contribution in [0, 0.1) is 0 Å². The monoisotopic (exact) mass is 1290 g/mol. The van der Waals surface area contributed by atoms with Crippen LogP contribution in [-0.2, 0) is 23.7 Å². The van der Waals surface area contributed by atoms with E-state index in [-0.39, 0.29) is 18.9 Å². The Morgan fingerprint density at radius 3 is 1.15 bits per heavy atom. The first-order valence-electron chi connectivity index (χ1n) is 36.4. The zero-order valence-corrected chi connectivity index (χ0v) is 57.2. The van der Waals surface area contributed by atoms with Gasteiger partial charge in [0.15, 0.2) is 12.6 Å². The van der Waals surface area contributed by atoms with Gasteiger partial charge in [-0.1, -0.05) is 289 Å². The molecule has 1 amide bonds. The summed E-state index contributed by atoms with van der Waals surface area (Å²) in [6.45, 7) is 2.69. The second-order valence-corrected chi connectivity index (χ2v) is 25.0. The minimum absolute atomic E-state index is 0.252. The fourth-order valence-electron chi connectivity index (χ4n) is 11.1. The molecule has 12 atom stereocenters. The average molecular weight is 1290 g/mol. The molecular formula is C78H131NO13. The number of allylic oxidation sites excluding steroid dienone is 21. The van der Waals surface area contributed by atoms with E-state index in [9.17, 15) is 45.6 Å². The predicted molar refractivity (Wildman–Crippen MR) is 378 cm³/mol. The first kappa shape index (κ1) is 84.2. The largest absolute Gasteiger partial charge is 0.394 e. The van der Waals surface area contributed by atoms with Gasteiger partial charge in [-0.05, 0) is 96.3 Å². The van der Waals surface area contributed by atoms with Crippen LogP contribution in [0.5, 0.6) is 0 Å². The quantitative estimate of drug-likeness (QED) is 0.0204. The van der Waals surface area contributed by atoms with E-state index in [2.05, 4.69) is 141 Å². The summed E-state index contributed by atoms with van der Waals surface area (Å²) >= 11 is 0. The third-order valence-electron chi connectivity index (χ3n) is 16.8. The molecule has 2 saturated heterocycles. The van der Waals surface area contributed by atoms with E-state index in [1.807, 2.05) is 6.08 Å². The second kappa shape index (κ2) is 60.8. The molecule has 0 aliphatic carbocycles. The van der Waals surface area contributed by atoms with Crippen molar-refractivity contribution in [3.05, 3.63) is 134 Å². The lowest BCUT2D eigenvalue weighted by Crippen LogP contribution is -2.65. The number of hydrogen-bond acceptors (Lipinski definition) is 13. The summed E-state index contributed by atoms with van der Waals surface area (Å²) in [6.07, 6.45) is 73.5. The van der Waals surface area contributed by atoms with Crippen molar-refractivity contribution in [2.24, 2.45) is 0 Å². The van der Waals surface area contributed by atoms with Gasteiger partial charge in [-0.2, -0.15) is 0 Å². The van der Waals surface area contributed by atoms with Crippen LogP contribution in [0.2, 0.25) is 0 Å². The zero-order chi connectivity index (χ0) is 66.6. The Bertz CT molecular complexity index is 2060. The van der Waals surface area contributed by atoms with Crippen molar-refractivity contribution in [3.63, 3.8) is 0 Å². The Hall–Kier alpha value is -3.87. The summed E-state index contributed by atoms with van der Waals surface area (Å²) in [4.78, 5) is 13.3. The minimum atomic E-state index is -1.80. The molecule has 0 aromatic carbocycles. The number of aliphatic hydroxyl groups is 8. The fraction of sp³-hybridized carbons (Fsp3) is 0.705. The lowest BCUT2D eigenvalue weighted by atomic mass is 9.97. The van der Waals surface area contributed by atoms with Crippen molar-refractivity contribution >= 4 is 5.91 Å². The van der Waals surface area contributed by atoms with Crippen LogP contribution in [0.4, 0.5) is 0 Å². The van der Waals surface area contributed by atoms with Gasteiger partial charge in [0.25, 0.3) is 0 Å². The molecule has 14 heteroatoms. The lowest BCUT2D eigenvalue weighted by molar-refractivity contribution is -0.359. The first-order valence-corrected chi connectivity index (χ1v) is 36.4. The number of hydrogen-bond donors (Lipinski definition) is 9. The maximum atomic E-state index is 13.3. The van der Waals surface area contributed by atoms with Gasteiger partial charge in [0.05, 0.1) is 32.0 Å². The first-order chi connectivity index (χ1) is 45.1. The molecule has 14 nitrogen and oxygen atoms in total. The molecule has 526 valence electrons. The smallest absolute Gasteiger partial charge is 0.220 e. The molecule has 2 heterocycles. The van der Waals surface area contributed by atoms with Crippen LogP contribution in [0.15, 0.2) is 134 Å². The summed E-state index contributed by atoms with van der Waals surface area (Å²) in [5, 5.41) is 87.4. The molecule has 2 aliphatic rings. The number of carbonyl (C=O) groups excluding carboxylic acids is 1. The normalized spacial score (nSPS) is 23.5. The van der Waals surface area contributed by atoms with Gasteiger partial charge in [-0.3, -0.25) is 4.79 Å². The van der Waals surface area contributed by atoms with Gasteiger partial charge in [0.2, 0.25) is 5.91 Å². The molecule has 0 spiro atoms. The van der Waals surface area contributed by atoms with Crippen LogP contribution in [-0.4, -0.2) is 140 Å². The molecule has 0 radical (unpaired) electrons. The van der Waals surface area contributed by atoms with Gasteiger partial charge in [-0.25, -0.2) is 0 Å². The molecule has 0 bridgehead atoms. The molecule has 12 unspecified atom stereocenters. The SMILES string of the molecule is CC/C=C\C/C=C\C/C=C\C/C=C\C/C=C\C/C=C\C/C=C\C/C=C\C/C=C\C/C=C\CCCCCCCCCCC(=O)NC(COC1OC(CO)C(OC2OC(CO)C(O)C(O)C2O)C(O)C1O)C(O)/C=C/CCCCCCCCCCCCCCCCCCC. The fourth-order valence-corrected chi connectivity index (χ4v) is 11.1. The summed E-state index contributed by atoms with van der Waals surface area (Å²) in [7, 11) is 0. The summed E-state index contributed by atoms with van der Waals surface area (Å²) in [5.41, 5.74) is 0. The number of rotatable bonds is 58. The standard InChI is InChI=1S/C78H131NO13/c1-3-5-7-9-11-13-15-17-19-21-23-24-25-26-27-28-29-30-31-32-33-34-35-36-37-38-39-40-41-42-44-46-48-50-52-54-56-58-60-62-70(83)79-66(67(82)61-59-57-55-53-51-49-47-45-43-22-20-18-16-14-12-10-8-6-4-2)65-89-77-75(88)73(86)76(69(64-81)91-77)92-78-74(87)72(85)71(84)68(63-80)90-78/h5,7,11,13,17,19,23-24,26-27,29-30,32-33,35-36,38-39,41-42,59,61,66-69,71-78,80-82,84-88H,3-4,6,8-10,12,14-16,18,20-22,25,28,31,34,37,40,43-58,60,62-65H2,1-2H3,(H,79,83)/b7-5-,13-11-,19-17-,24-23-,27-26-,30-29-,33-32-,36-35-,39-38-,42-41-,61-59+. The minimum Gasteiger partial charge on any atom is -0.394 e. The van der Waals surface area contributed by atoms with E-state index in [1.165, 1.54) is 116 Å². The number of carbonyl (C=O) groups is 1. The number of unbranched alkanes of at least 4 members (excludes halogenated alkanes) is 25. The number of ether oxygens (including phenoxy) is 4. The highest BCUT2D eigenvalue weighted by molar-refractivity contribution is 5.76. The highest BCUT2D eigenvalue weighted by Gasteiger charge is 2.51. The summed E-state index contributed by atoms with van der Waals surface area (Å²) < 4.78 is 22.8. The average Bonchev–Trinajstić information content (AvgIpc) is 1.05. The topological polar surface area (TPSA) is 228 Å². The number of aliphatic hydroxyl groups excluding tert-OH is 8. The van der Waals surface area contributed by atoms with E-state index < -0.39 is 86.8 Å². The highest BCUT2D eigenvalue weighted by atomic mass is 16.7. The maximum absolute atomic E-state index is 13.3. The Morgan fingerprint density at radius 1 is 0.402 bits per heavy atom. The maximum Gasteiger partial charge on any atom is 0.220 e. The van der Waals surface area contributed by atoms with Crippen molar-refractivity contribution in [3.8, 4) is 0 Å². The Balaban J connectivity index is 1.65. The molecule has 0 aromatic heterocycles. The zero-order valence-electron chi connectivity index (χ0n) is 57.2. The van der Waals surface area contributed by atoms with Crippen molar-refractivity contribution in [1.29, 1.82) is 0 Å². The predicted octanol–water partition coefficient (Wildman–Crippen LogP) is 15.5. The van der Waals surface area contributed by atoms with Crippen LogP contribution < -0.4 is 5.32 Å². The van der Waals surface area contributed by atoms with Gasteiger partial charge in [0.1, 0.15) is 48.8 Å². The Kier molecular flexibility index (Phi) is 55.6. The van der Waals surface area contributed by atoms with Crippen molar-refractivity contribution in [2.45, 2.75) is 331 Å². The molecule has 2 rings (SSSR count). The Morgan fingerprint density at radius 2 is 0.750 bits per heavy atom. The lowest BCUT2D eigenvalue weighted by Gasteiger charge is -2.46. The van der Waals surface area contributed by atoms with Crippen LogP contribution in [0.3, 0.4) is 0 Å². The number of amides is 1. The molecule has 0 aromatic rings. The molecular weight excluding hydrogens is 1160 g/mol. The van der Waals surface area contributed by atoms with Crippen molar-refractivity contribution in [1.82, 2.24) is 5.32 Å². The van der Waals surface area contributed by atoms with Gasteiger partial charge in [-0.15, -0.1) is 0 Å².